The van der Waals surface area contributed by atoms with Crippen molar-refractivity contribution in [2.75, 3.05) is 0 Å². The van der Waals surface area contributed by atoms with Gasteiger partial charge in [0.05, 0.1) is 0 Å². The van der Waals surface area contributed by atoms with Gasteiger partial charge in [-0.3, -0.25) is 9.59 Å². The Morgan fingerprint density at radius 2 is 2.00 bits per heavy atom. The number of carbonyl (C=O) groups excluding carboxylic acids is 2. The number of carbonyl (C=O) groups is 2. The Morgan fingerprint density at radius 3 is 2.62 bits per heavy atom. The third-order valence-corrected chi connectivity index (χ3v) is 1.55. The summed E-state index contributed by atoms with van der Waals surface area (Å²) in [5.74, 6) is 4.79. The van der Waals surface area contributed by atoms with E-state index in [0.717, 1.165) is 0 Å². The Labute approximate surface area is 80.5 Å². The summed E-state index contributed by atoms with van der Waals surface area (Å²) in [6, 6.07) is 4.68. The zero-order chi connectivity index (χ0) is 9.68. The summed E-state index contributed by atoms with van der Waals surface area (Å²) >= 11 is 5.69. The van der Waals surface area contributed by atoms with Gasteiger partial charge in [0.15, 0.2) is 6.29 Å². The molecular weight excluding hydrogens is 188 g/mol. The summed E-state index contributed by atoms with van der Waals surface area (Å²) in [5, 5.41) is 0.430. The molecule has 1 aromatic rings. The first kappa shape index (κ1) is 9.50. The highest BCUT2D eigenvalue weighted by atomic mass is 35.5. The molecule has 0 fully saturated rings. The molecule has 0 aliphatic rings. The molecule has 0 aromatic heterocycles. The molecule has 0 N–H and O–H groups in total. The molecule has 0 atom stereocenters. The summed E-state index contributed by atoms with van der Waals surface area (Å²) in [5.41, 5.74) is 1.00. The lowest BCUT2D eigenvalue weighted by atomic mass is 10.1. The zero-order valence-electron chi connectivity index (χ0n) is 6.58. The molecule has 64 valence electrons. The van der Waals surface area contributed by atoms with Crippen LogP contribution in [0.25, 0.3) is 0 Å². The SMILES string of the molecule is O=CC#Cc1cc(Cl)cc(C=O)c1. The largest absolute Gasteiger partial charge is 0.298 e. The number of hydrogen-bond donors (Lipinski definition) is 0. The van der Waals surface area contributed by atoms with Gasteiger partial charge in [-0.25, -0.2) is 0 Å². The minimum absolute atomic E-state index is 0.430. The maximum absolute atomic E-state index is 10.4. The van der Waals surface area contributed by atoms with E-state index in [1.165, 1.54) is 6.07 Å². The van der Waals surface area contributed by atoms with Crippen LogP contribution in [0.2, 0.25) is 5.02 Å². The first-order valence-corrected chi connectivity index (χ1v) is 3.85. The molecule has 0 saturated heterocycles. The number of halogens is 1. The van der Waals surface area contributed by atoms with Gasteiger partial charge in [-0.05, 0) is 24.1 Å². The monoisotopic (exact) mass is 192 g/mol. The van der Waals surface area contributed by atoms with Crippen LogP contribution in [0.1, 0.15) is 15.9 Å². The molecule has 0 radical (unpaired) electrons. The van der Waals surface area contributed by atoms with Crippen LogP contribution in [0.3, 0.4) is 0 Å². The van der Waals surface area contributed by atoms with Crippen molar-refractivity contribution in [1.29, 1.82) is 0 Å². The molecule has 0 amide bonds. The topological polar surface area (TPSA) is 34.1 Å². The molecule has 0 bridgehead atoms. The van der Waals surface area contributed by atoms with E-state index in [1.807, 2.05) is 0 Å². The van der Waals surface area contributed by atoms with Gasteiger partial charge in [-0.2, -0.15) is 0 Å². The second kappa shape index (κ2) is 4.44. The Balaban J connectivity index is 3.15. The lowest BCUT2D eigenvalue weighted by molar-refractivity contribution is -0.103. The van der Waals surface area contributed by atoms with Crippen molar-refractivity contribution in [2.24, 2.45) is 0 Å². The van der Waals surface area contributed by atoms with Crippen LogP contribution in [0.5, 0.6) is 0 Å². The highest BCUT2D eigenvalue weighted by Crippen LogP contribution is 2.12. The Kier molecular flexibility index (Phi) is 3.24. The Bertz CT molecular complexity index is 399. The van der Waals surface area contributed by atoms with Gasteiger partial charge < -0.3 is 0 Å². The average molecular weight is 193 g/mol. The van der Waals surface area contributed by atoms with Gasteiger partial charge in [0.25, 0.3) is 0 Å². The van der Waals surface area contributed by atoms with Gasteiger partial charge in [0.2, 0.25) is 0 Å². The normalized spacial score (nSPS) is 8.38. The summed E-state index contributed by atoms with van der Waals surface area (Å²) in [7, 11) is 0. The van der Waals surface area contributed by atoms with Crippen molar-refractivity contribution < 1.29 is 9.59 Å². The van der Waals surface area contributed by atoms with Crippen LogP contribution >= 0.6 is 11.6 Å². The van der Waals surface area contributed by atoms with Crippen LogP contribution in [-0.2, 0) is 4.79 Å². The van der Waals surface area contributed by atoms with E-state index in [4.69, 9.17) is 11.6 Å². The van der Waals surface area contributed by atoms with Gasteiger partial charge in [0.1, 0.15) is 6.29 Å². The molecule has 0 unspecified atom stereocenters. The van der Waals surface area contributed by atoms with E-state index in [9.17, 15) is 9.59 Å². The quantitative estimate of drug-likeness (QED) is 0.501. The third-order valence-electron chi connectivity index (χ3n) is 1.33. The number of hydrogen-bond acceptors (Lipinski definition) is 2. The second-order valence-electron chi connectivity index (χ2n) is 2.28. The smallest absolute Gasteiger partial charge is 0.193 e. The standard InChI is InChI=1S/C10H5ClO2/c11-10-5-8(2-1-3-12)4-9(6-10)7-13/h3-7H. The summed E-state index contributed by atoms with van der Waals surface area (Å²) in [6.07, 6.45) is 1.17. The fraction of sp³-hybridized carbons (Fsp3) is 0. The third kappa shape index (κ3) is 2.73. The lowest BCUT2D eigenvalue weighted by Gasteiger charge is -1.94. The molecule has 0 aliphatic carbocycles. The Morgan fingerprint density at radius 1 is 1.23 bits per heavy atom. The highest BCUT2D eigenvalue weighted by Gasteiger charge is 1.95. The fourth-order valence-corrected chi connectivity index (χ4v) is 1.11. The highest BCUT2D eigenvalue weighted by molar-refractivity contribution is 6.31. The molecule has 0 spiro atoms. The number of benzene rings is 1. The van der Waals surface area contributed by atoms with Crippen molar-refractivity contribution >= 4 is 24.2 Å². The molecule has 13 heavy (non-hydrogen) atoms. The van der Waals surface area contributed by atoms with Crippen molar-refractivity contribution in [3.8, 4) is 11.8 Å². The molecule has 2 nitrogen and oxygen atoms in total. The van der Waals surface area contributed by atoms with E-state index in [0.29, 0.717) is 28.7 Å². The molecular formula is C10H5ClO2. The van der Waals surface area contributed by atoms with Gasteiger partial charge >= 0.3 is 0 Å². The van der Waals surface area contributed by atoms with Crippen LogP contribution in [-0.4, -0.2) is 12.6 Å². The summed E-state index contributed by atoms with van der Waals surface area (Å²) in [6.45, 7) is 0. The van der Waals surface area contributed by atoms with E-state index in [-0.39, 0.29) is 0 Å². The first-order chi connectivity index (χ1) is 6.26. The maximum atomic E-state index is 10.4. The van der Waals surface area contributed by atoms with Gasteiger partial charge in [0, 0.05) is 16.1 Å². The van der Waals surface area contributed by atoms with E-state index >= 15 is 0 Å². The second-order valence-corrected chi connectivity index (χ2v) is 2.71. The van der Waals surface area contributed by atoms with Crippen LogP contribution in [0.15, 0.2) is 18.2 Å². The molecule has 0 aliphatic heterocycles. The summed E-state index contributed by atoms with van der Waals surface area (Å²) in [4.78, 5) is 20.3. The van der Waals surface area contributed by atoms with Crippen LogP contribution < -0.4 is 0 Å². The lowest BCUT2D eigenvalue weighted by Crippen LogP contribution is -1.82. The van der Waals surface area contributed by atoms with Crippen LogP contribution in [0.4, 0.5) is 0 Å². The summed E-state index contributed by atoms with van der Waals surface area (Å²) < 4.78 is 0. The Hall–Kier alpha value is -1.59. The van der Waals surface area contributed by atoms with Crippen molar-refractivity contribution in [3.63, 3.8) is 0 Å². The predicted octanol–water partition coefficient (Wildman–Crippen LogP) is 1.70. The zero-order valence-corrected chi connectivity index (χ0v) is 7.34. The predicted molar refractivity (Wildman–Crippen MR) is 49.8 cm³/mol. The minimum atomic E-state index is 0.430. The van der Waals surface area contributed by atoms with E-state index < -0.39 is 0 Å². The van der Waals surface area contributed by atoms with E-state index in [2.05, 4.69) is 11.8 Å². The van der Waals surface area contributed by atoms with Gasteiger partial charge in [-0.15, -0.1) is 0 Å². The fourth-order valence-electron chi connectivity index (χ4n) is 0.865. The minimum Gasteiger partial charge on any atom is -0.298 e. The number of rotatable bonds is 1. The van der Waals surface area contributed by atoms with Crippen molar-refractivity contribution in [3.05, 3.63) is 34.3 Å². The van der Waals surface area contributed by atoms with Crippen molar-refractivity contribution in [2.45, 2.75) is 0 Å². The molecule has 1 rings (SSSR count). The van der Waals surface area contributed by atoms with Crippen LogP contribution in [0, 0.1) is 11.8 Å². The first-order valence-electron chi connectivity index (χ1n) is 3.47. The molecule has 3 heteroatoms. The van der Waals surface area contributed by atoms with E-state index in [1.54, 1.807) is 12.1 Å². The molecule has 0 saturated carbocycles. The number of aldehydes is 2. The molecule has 0 heterocycles. The van der Waals surface area contributed by atoms with Crippen molar-refractivity contribution in [1.82, 2.24) is 0 Å². The molecule has 1 aromatic carbocycles. The average Bonchev–Trinajstić information content (AvgIpc) is 2.14. The maximum Gasteiger partial charge on any atom is 0.193 e. The van der Waals surface area contributed by atoms with Gasteiger partial charge in [-0.1, -0.05) is 17.5 Å².